The fraction of sp³-hybridized carbons (Fsp3) is 1.00. The normalized spacial score (nSPS) is 40.9. The molecule has 2 fully saturated rings. The molecule has 1 atom stereocenters. The van der Waals surface area contributed by atoms with Crippen LogP contribution in [0.15, 0.2) is 0 Å². The third-order valence-corrected chi connectivity index (χ3v) is 3.95. The molecule has 1 aliphatic carbocycles. The van der Waals surface area contributed by atoms with E-state index in [-0.39, 0.29) is 5.54 Å². The Labute approximate surface area is 86.3 Å². The van der Waals surface area contributed by atoms with Crippen LogP contribution in [0.3, 0.4) is 0 Å². The average Bonchev–Trinajstić information content (AvgIpc) is 2.28. The monoisotopic (exact) mass is 198 g/mol. The van der Waals surface area contributed by atoms with E-state index in [1.807, 2.05) is 7.05 Å². The number of likely N-dealkylation sites (N-methyl/N-ethyl adjacent to an activating group) is 1. The molecule has 0 spiro atoms. The van der Waals surface area contributed by atoms with Crippen molar-refractivity contribution in [3.63, 3.8) is 0 Å². The van der Waals surface area contributed by atoms with Crippen molar-refractivity contribution >= 4 is 0 Å². The van der Waals surface area contributed by atoms with Crippen molar-refractivity contribution in [3.8, 4) is 0 Å². The fourth-order valence-corrected chi connectivity index (χ4v) is 3.37. The van der Waals surface area contributed by atoms with Gasteiger partial charge in [0, 0.05) is 18.6 Å². The third-order valence-electron chi connectivity index (χ3n) is 3.95. The van der Waals surface area contributed by atoms with Crippen molar-refractivity contribution in [1.29, 1.82) is 0 Å². The van der Waals surface area contributed by atoms with E-state index in [1.54, 1.807) is 0 Å². The van der Waals surface area contributed by atoms with Crippen molar-refractivity contribution in [2.24, 2.45) is 11.1 Å². The zero-order valence-corrected chi connectivity index (χ0v) is 9.51. The number of hydrogen-bond acceptors (Lipinski definition) is 3. The minimum absolute atomic E-state index is 0.325. The molecule has 0 aromatic heterocycles. The van der Waals surface area contributed by atoms with Gasteiger partial charge in [-0.1, -0.05) is 13.8 Å². The van der Waals surface area contributed by atoms with E-state index >= 15 is 0 Å². The fourth-order valence-electron chi connectivity index (χ4n) is 3.37. The number of nitrogens with zero attached hydrogens (tertiary/aromatic N) is 1. The van der Waals surface area contributed by atoms with E-state index in [2.05, 4.69) is 18.7 Å². The summed E-state index contributed by atoms with van der Waals surface area (Å²) in [5.74, 6) is 0. The van der Waals surface area contributed by atoms with Crippen LogP contribution in [0, 0.1) is 5.41 Å². The molecule has 3 nitrogen and oxygen atoms in total. The third kappa shape index (κ3) is 1.38. The van der Waals surface area contributed by atoms with Gasteiger partial charge in [-0.3, -0.25) is 0 Å². The predicted octanol–water partition coefficient (Wildman–Crippen LogP) is 0.570. The van der Waals surface area contributed by atoms with Gasteiger partial charge in [0.05, 0.1) is 5.60 Å². The number of nitrogens with two attached hydrogens (primary N) is 1. The maximum Gasteiger partial charge on any atom is 0.0964 e. The van der Waals surface area contributed by atoms with Gasteiger partial charge in [-0.15, -0.1) is 0 Å². The lowest BCUT2D eigenvalue weighted by Gasteiger charge is -2.57. The van der Waals surface area contributed by atoms with Gasteiger partial charge in [0.1, 0.15) is 0 Å². The molecule has 3 N–H and O–H groups in total. The summed E-state index contributed by atoms with van der Waals surface area (Å²) in [5.41, 5.74) is 5.65. The minimum atomic E-state index is -0.642. The van der Waals surface area contributed by atoms with Gasteiger partial charge in [-0.25, -0.2) is 0 Å². The van der Waals surface area contributed by atoms with Gasteiger partial charge in [0.2, 0.25) is 0 Å². The molecule has 0 amide bonds. The Morgan fingerprint density at radius 2 is 1.86 bits per heavy atom. The van der Waals surface area contributed by atoms with Gasteiger partial charge >= 0.3 is 0 Å². The second kappa shape index (κ2) is 2.71. The average molecular weight is 198 g/mol. The van der Waals surface area contributed by atoms with Gasteiger partial charge in [0.15, 0.2) is 0 Å². The van der Waals surface area contributed by atoms with E-state index < -0.39 is 5.60 Å². The van der Waals surface area contributed by atoms with Crippen LogP contribution in [0.1, 0.15) is 33.1 Å². The van der Waals surface area contributed by atoms with Gasteiger partial charge in [-0.05, 0) is 31.7 Å². The van der Waals surface area contributed by atoms with Crippen molar-refractivity contribution < 1.29 is 5.11 Å². The highest BCUT2D eigenvalue weighted by Gasteiger charge is 2.59. The van der Waals surface area contributed by atoms with E-state index in [4.69, 9.17) is 5.73 Å². The molecule has 82 valence electrons. The van der Waals surface area contributed by atoms with Crippen LogP contribution in [0.25, 0.3) is 0 Å². The smallest absolute Gasteiger partial charge is 0.0964 e. The SMILES string of the molecule is CN1CCC(O)(C2(N)CC(C)(C)C2)C1. The molecule has 1 heterocycles. The summed E-state index contributed by atoms with van der Waals surface area (Å²) in [6.45, 7) is 6.15. The molecule has 14 heavy (non-hydrogen) atoms. The van der Waals surface area contributed by atoms with Gasteiger partial charge in [-0.2, -0.15) is 0 Å². The highest BCUT2D eigenvalue weighted by atomic mass is 16.3. The summed E-state index contributed by atoms with van der Waals surface area (Å²) >= 11 is 0. The van der Waals surface area contributed by atoms with Crippen molar-refractivity contribution in [2.75, 3.05) is 20.1 Å². The zero-order chi connectivity index (χ0) is 10.6. The standard InChI is InChI=1S/C11H22N2O/c1-9(2)6-10(12,7-9)11(14)4-5-13(3)8-11/h14H,4-8,12H2,1-3H3. The number of rotatable bonds is 1. The summed E-state index contributed by atoms with van der Waals surface area (Å²) in [7, 11) is 2.05. The Bertz CT molecular complexity index is 244. The highest BCUT2D eigenvalue weighted by molar-refractivity contribution is 5.17. The largest absolute Gasteiger partial charge is 0.387 e. The quantitative estimate of drug-likeness (QED) is 0.647. The first-order chi connectivity index (χ1) is 6.27. The first-order valence-corrected chi connectivity index (χ1v) is 5.46. The summed E-state index contributed by atoms with van der Waals surface area (Å²) in [4.78, 5) is 2.17. The lowest BCUT2D eigenvalue weighted by molar-refractivity contribution is -0.108. The molecular formula is C11H22N2O. The number of hydrogen-bond donors (Lipinski definition) is 2. The molecule has 0 aromatic rings. The van der Waals surface area contributed by atoms with Crippen molar-refractivity contribution in [3.05, 3.63) is 0 Å². The van der Waals surface area contributed by atoms with Crippen molar-refractivity contribution in [1.82, 2.24) is 4.90 Å². The second-order valence-corrected chi connectivity index (χ2v) is 6.19. The number of aliphatic hydroxyl groups is 1. The summed E-state index contributed by atoms with van der Waals surface area (Å²) < 4.78 is 0. The molecule has 0 radical (unpaired) electrons. The zero-order valence-electron chi connectivity index (χ0n) is 9.51. The maximum atomic E-state index is 10.5. The van der Waals surface area contributed by atoms with Crippen LogP contribution < -0.4 is 5.73 Å². The van der Waals surface area contributed by atoms with Crippen LogP contribution in [0.4, 0.5) is 0 Å². The Morgan fingerprint density at radius 1 is 1.29 bits per heavy atom. The summed E-state index contributed by atoms with van der Waals surface area (Å²) in [5, 5.41) is 10.5. The minimum Gasteiger partial charge on any atom is -0.387 e. The summed E-state index contributed by atoms with van der Waals surface area (Å²) in [6, 6.07) is 0. The molecule has 1 unspecified atom stereocenters. The van der Waals surface area contributed by atoms with E-state index in [0.29, 0.717) is 5.41 Å². The first-order valence-electron chi connectivity index (χ1n) is 5.46. The molecule has 1 aliphatic heterocycles. The molecule has 0 bridgehead atoms. The number of likely N-dealkylation sites (tertiary alicyclic amines) is 1. The Balaban J connectivity index is 2.09. The van der Waals surface area contributed by atoms with E-state index in [9.17, 15) is 5.11 Å². The molecule has 3 heteroatoms. The topological polar surface area (TPSA) is 49.5 Å². The summed E-state index contributed by atoms with van der Waals surface area (Å²) in [6.07, 6.45) is 2.73. The molecule has 1 saturated heterocycles. The van der Waals surface area contributed by atoms with Crippen LogP contribution in [-0.4, -0.2) is 41.3 Å². The van der Waals surface area contributed by atoms with Gasteiger partial charge in [0.25, 0.3) is 0 Å². The molecular weight excluding hydrogens is 176 g/mol. The Kier molecular flexibility index (Phi) is 2.02. The maximum absolute atomic E-state index is 10.5. The van der Waals surface area contributed by atoms with Crippen LogP contribution in [0.5, 0.6) is 0 Å². The first kappa shape index (κ1) is 10.4. The van der Waals surface area contributed by atoms with E-state index in [0.717, 1.165) is 32.4 Å². The van der Waals surface area contributed by atoms with Crippen LogP contribution in [0.2, 0.25) is 0 Å². The predicted molar refractivity (Wildman–Crippen MR) is 57.0 cm³/mol. The van der Waals surface area contributed by atoms with E-state index in [1.165, 1.54) is 0 Å². The Hall–Kier alpha value is -0.120. The Morgan fingerprint density at radius 3 is 2.21 bits per heavy atom. The molecule has 0 aromatic carbocycles. The lowest BCUT2D eigenvalue weighted by Crippen LogP contribution is -2.70. The van der Waals surface area contributed by atoms with Crippen LogP contribution >= 0.6 is 0 Å². The van der Waals surface area contributed by atoms with Gasteiger partial charge < -0.3 is 15.7 Å². The molecule has 1 saturated carbocycles. The number of β-amino-alcohol motifs (C(OH)–C–C–N with tert-alkyl or cyclic N) is 1. The van der Waals surface area contributed by atoms with Crippen LogP contribution in [-0.2, 0) is 0 Å². The second-order valence-electron chi connectivity index (χ2n) is 6.19. The highest BCUT2D eigenvalue weighted by Crippen LogP contribution is 2.53. The molecule has 2 aliphatic rings. The lowest BCUT2D eigenvalue weighted by atomic mass is 9.53. The molecule has 2 rings (SSSR count). The van der Waals surface area contributed by atoms with Crippen molar-refractivity contribution in [2.45, 2.75) is 44.2 Å².